The van der Waals surface area contributed by atoms with Crippen molar-refractivity contribution in [2.45, 2.75) is 32.8 Å². The zero-order chi connectivity index (χ0) is 7.56. The summed E-state index contributed by atoms with van der Waals surface area (Å²) in [6.45, 7) is 4.02. The van der Waals surface area contributed by atoms with E-state index in [4.69, 9.17) is 4.74 Å². The molecule has 56 valence electrons. The minimum absolute atomic E-state index is 0.0428. The Morgan fingerprint density at radius 2 is 2.50 bits per heavy atom. The molecule has 1 heterocycles. The van der Waals surface area contributed by atoms with Crippen molar-refractivity contribution < 1.29 is 9.53 Å². The van der Waals surface area contributed by atoms with E-state index in [0.717, 1.165) is 6.42 Å². The Hall–Kier alpha value is -0.790. The van der Waals surface area contributed by atoms with Crippen LogP contribution in [0.3, 0.4) is 0 Å². The molecule has 0 unspecified atom stereocenters. The van der Waals surface area contributed by atoms with Crippen LogP contribution >= 0.6 is 0 Å². The molecule has 0 aliphatic carbocycles. The Morgan fingerprint density at radius 3 is 3.00 bits per heavy atom. The number of rotatable bonds is 1. The summed E-state index contributed by atoms with van der Waals surface area (Å²) in [6, 6.07) is 0. The topological polar surface area (TPSA) is 26.3 Å². The SMILES string of the molecule is CC[C@H]1OC(=O)CC=C1C. The summed E-state index contributed by atoms with van der Waals surface area (Å²) >= 11 is 0. The average Bonchev–Trinajstić information content (AvgIpc) is 1.94. The third-order valence-corrected chi connectivity index (χ3v) is 1.74. The van der Waals surface area contributed by atoms with Gasteiger partial charge < -0.3 is 4.74 Å². The maximum absolute atomic E-state index is 10.7. The first-order valence-corrected chi connectivity index (χ1v) is 3.60. The molecule has 0 aromatic carbocycles. The van der Waals surface area contributed by atoms with E-state index in [-0.39, 0.29) is 12.1 Å². The van der Waals surface area contributed by atoms with E-state index in [0.29, 0.717) is 6.42 Å². The fourth-order valence-corrected chi connectivity index (χ4v) is 1.08. The Bertz CT molecular complexity index is 170. The highest BCUT2D eigenvalue weighted by Crippen LogP contribution is 2.16. The molecule has 2 nitrogen and oxygen atoms in total. The lowest BCUT2D eigenvalue weighted by molar-refractivity contribution is -0.147. The molecule has 0 aromatic rings. The third-order valence-electron chi connectivity index (χ3n) is 1.74. The van der Waals surface area contributed by atoms with Crippen molar-refractivity contribution >= 4 is 5.97 Å². The second kappa shape index (κ2) is 2.86. The number of cyclic esters (lactones) is 1. The maximum Gasteiger partial charge on any atom is 0.310 e. The summed E-state index contributed by atoms with van der Waals surface area (Å²) < 4.78 is 5.04. The van der Waals surface area contributed by atoms with Gasteiger partial charge in [-0.15, -0.1) is 0 Å². The standard InChI is InChI=1S/C8H12O2/c1-3-7-6(2)4-5-8(9)10-7/h4,7H,3,5H2,1-2H3/t7-/m1/s1. The third kappa shape index (κ3) is 1.38. The van der Waals surface area contributed by atoms with Crippen LogP contribution < -0.4 is 0 Å². The van der Waals surface area contributed by atoms with Crippen LogP contribution in [0.25, 0.3) is 0 Å². The maximum atomic E-state index is 10.7. The molecular formula is C8H12O2. The van der Waals surface area contributed by atoms with Gasteiger partial charge in [-0.2, -0.15) is 0 Å². The Morgan fingerprint density at radius 1 is 1.80 bits per heavy atom. The van der Waals surface area contributed by atoms with Crippen molar-refractivity contribution in [2.24, 2.45) is 0 Å². The predicted octanol–water partition coefficient (Wildman–Crippen LogP) is 1.66. The van der Waals surface area contributed by atoms with Gasteiger partial charge >= 0.3 is 5.97 Å². The van der Waals surface area contributed by atoms with E-state index in [9.17, 15) is 4.79 Å². The molecule has 1 atom stereocenters. The molecule has 0 saturated heterocycles. The van der Waals surface area contributed by atoms with Crippen LogP contribution in [0.2, 0.25) is 0 Å². The van der Waals surface area contributed by atoms with Crippen LogP contribution in [0.4, 0.5) is 0 Å². The summed E-state index contributed by atoms with van der Waals surface area (Å²) in [7, 11) is 0. The van der Waals surface area contributed by atoms with Gasteiger partial charge in [-0.25, -0.2) is 0 Å². The predicted molar refractivity (Wildman–Crippen MR) is 38.5 cm³/mol. The first kappa shape index (κ1) is 7.32. The summed E-state index contributed by atoms with van der Waals surface area (Å²) in [5.74, 6) is -0.0996. The van der Waals surface area contributed by atoms with Gasteiger partial charge in [-0.1, -0.05) is 13.0 Å². The quantitative estimate of drug-likeness (QED) is 0.409. The molecule has 0 bridgehead atoms. The van der Waals surface area contributed by atoms with Crippen molar-refractivity contribution in [1.29, 1.82) is 0 Å². The summed E-state index contributed by atoms with van der Waals surface area (Å²) in [5.41, 5.74) is 1.18. The van der Waals surface area contributed by atoms with Gasteiger partial charge in [0.25, 0.3) is 0 Å². The van der Waals surface area contributed by atoms with Gasteiger partial charge in [0.05, 0.1) is 6.42 Å². The average molecular weight is 140 g/mol. The molecule has 1 rings (SSSR count). The van der Waals surface area contributed by atoms with E-state index in [1.54, 1.807) is 0 Å². The van der Waals surface area contributed by atoms with Crippen LogP contribution in [-0.4, -0.2) is 12.1 Å². The first-order chi connectivity index (χ1) is 4.74. The van der Waals surface area contributed by atoms with Crippen molar-refractivity contribution in [3.05, 3.63) is 11.6 Å². The number of esters is 1. The second-order valence-electron chi connectivity index (χ2n) is 2.54. The lowest BCUT2D eigenvalue weighted by Crippen LogP contribution is -2.22. The fraction of sp³-hybridized carbons (Fsp3) is 0.625. The molecule has 1 aliphatic rings. The van der Waals surface area contributed by atoms with Crippen molar-refractivity contribution in [3.8, 4) is 0 Å². The molecule has 0 N–H and O–H groups in total. The van der Waals surface area contributed by atoms with Crippen LogP contribution in [0.15, 0.2) is 11.6 Å². The largest absolute Gasteiger partial charge is 0.458 e. The Labute approximate surface area is 60.9 Å². The molecule has 1 aliphatic heterocycles. The fourth-order valence-electron chi connectivity index (χ4n) is 1.08. The molecule has 0 radical (unpaired) electrons. The number of hydrogen-bond acceptors (Lipinski definition) is 2. The number of ether oxygens (including phenoxy) is 1. The number of hydrogen-bond donors (Lipinski definition) is 0. The normalized spacial score (nSPS) is 25.6. The van der Waals surface area contributed by atoms with Gasteiger partial charge in [0.15, 0.2) is 0 Å². The molecule has 10 heavy (non-hydrogen) atoms. The smallest absolute Gasteiger partial charge is 0.310 e. The highest BCUT2D eigenvalue weighted by Gasteiger charge is 2.17. The molecular weight excluding hydrogens is 128 g/mol. The zero-order valence-electron chi connectivity index (χ0n) is 6.39. The Balaban J connectivity index is 2.65. The lowest BCUT2D eigenvalue weighted by atomic mass is 10.1. The van der Waals surface area contributed by atoms with Gasteiger partial charge in [-0.3, -0.25) is 4.79 Å². The molecule has 2 heteroatoms. The summed E-state index contributed by atoms with van der Waals surface area (Å²) in [5, 5.41) is 0. The van der Waals surface area contributed by atoms with E-state index in [2.05, 4.69) is 0 Å². The van der Waals surface area contributed by atoms with Gasteiger partial charge in [0.1, 0.15) is 6.10 Å². The molecule has 0 fully saturated rings. The van der Waals surface area contributed by atoms with E-state index in [1.165, 1.54) is 5.57 Å². The van der Waals surface area contributed by atoms with Crippen molar-refractivity contribution in [2.75, 3.05) is 0 Å². The summed E-state index contributed by atoms with van der Waals surface area (Å²) in [6.07, 6.45) is 3.32. The van der Waals surface area contributed by atoms with E-state index >= 15 is 0 Å². The van der Waals surface area contributed by atoms with Crippen LogP contribution in [0, 0.1) is 0 Å². The van der Waals surface area contributed by atoms with Gasteiger partial charge in [0, 0.05) is 0 Å². The zero-order valence-corrected chi connectivity index (χ0v) is 6.39. The van der Waals surface area contributed by atoms with Crippen LogP contribution in [0.1, 0.15) is 26.7 Å². The lowest BCUT2D eigenvalue weighted by Gasteiger charge is -2.20. The highest BCUT2D eigenvalue weighted by molar-refractivity contribution is 5.73. The minimum atomic E-state index is -0.0996. The van der Waals surface area contributed by atoms with E-state index < -0.39 is 0 Å². The number of carbonyl (C=O) groups excluding carboxylic acids is 1. The molecule has 0 amide bonds. The molecule has 0 aromatic heterocycles. The molecule has 0 spiro atoms. The number of carbonyl (C=O) groups is 1. The van der Waals surface area contributed by atoms with Crippen LogP contribution in [0.5, 0.6) is 0 Å². The summed E-state index contributed by atoms with van der Waals surface area (Å²) in [4.78, 5) is 10.7. The van der Waals surface area contributed by atoms with E-state index in [1.807, 2.05) is 19.9 Å². The first-order valence-electron chi connectivity index (χ1n) is 3.60. The second-order valence-corrected chi connectivity index (χ2v) is 2.54. The Kier molecular flexibility index (Phi) is 2.10. The van der Waals surface area contributed by atoms with Crippen molar-refractivity contribution in [1.82, 2.24) is 0 Å². The minimum Gasteiger partial charge on any atom is -0.458 e. The van der Waals surface area contributed by atoms with Crippen molar-refractivity contribution in [3.63, 3.8) is 0 Å². The van der Waals surface area contributed by atoms with Crippen LogP contribution in [-0.2, 0) is 9.53 Å². The highest BCUT2D eigenvalue weighted by atomic mass is 16.5. The monoisotopic (exact) mass is 140 g/mol. The van der Waals surface area contributed by atoms with Gasteiger partial charge in [-0.05, 0) is 18.9 Å². The van der Waals surface area contributed by atoms with Gasteiger partial charge in [0.2, 0.25) is 0 Å². The molecule has 0 saturated carbocycles.